The monoisotopic (exact) mass is 360 g/mol. The molecular weight excluding hydrogens is 336 g/mol. The van der Waals surface area contributed by atoms with Crippen molar-refractivity contribution in [3.63, 3.8) is 0 Å². The van der Waals surface area contributed by atoms with E-state index in [2.05, 4.69) is 64.9 Å². The summed E-state index contributed by atoms with van der Waals surface area (Å²) in [6.45, 7) is 7.08. The van der Waals surface area contributed by atoms with Crippen molar-refractivity contribution in [2.75, 3.05) is 31.6 Å². The number of benzene rings is 1. The van der Waals surface area contributed by atoms with Crippen LogP contribution in [0.4, 0.5) is 5.82 Å². The summed E-state index contributed by atoms with van der Waals surface area (Å²) in [6.07, 6.45) is 5.13. The molecule has 3 aromatic rings. The molecule has 27 heavy (non-hydrogen) atoms. The quantitative estimate of drug-likeness (QED) is 0.778. The Hall–Kier alpha value is -2.86. The minimum Gasteiger partial charge on any atom is -0.355 e. The third kappa shape index (κ3) is 2.51. The maximum absolute atomic E-state index is 4.97. The number of aryl methyl sites for hydroxylation is 2. The Kier molecular flexibility index (Phi) is 3.68. The van der Waals surface area contributed by atoms with Gasteiger partial charge in [0, 0.05) is 44.6 Å². The van der Waals surface area contributed by atoms with Crippen LogP contribution in [0.2, 0.25) is 0 Å². The fraction of sp³-hybridized carbons (Fsp3) is 0.333. The molecule has 2 aromatic heterocycles. The van der Waals surface area contributed by atoms with Crippen molar-refractivity contribution in [1.29, 1.82) is 0 Å². The lowest BCUT2D eigenvalue weighted by Gasteiger charge is -2.32. The van der Waals surface area contributed by atoms with E-state index in [9.17, 15) is 0 Å². The molecule has 0 amide bonds. The smallest absolute Gasteiger partial charge is 0.155 e. The lowest BCUT2D eigenvalue weighted by atomic mass is 10.0. The lowest BCUT2D eigenvalue weighted by molar-refractivity contribution is 0.392. The summed E-state index contributed by atoms with van der Waals surface area (Å²) in [6, 6.07) is 8.70. The number of anilines is 1. The van der Waals surface area contributed by atoms with Gasteiger partial charge in [0.05, 0.1) is 11.4 Å². The van der Waals surface area contributed by atoms with E-state index in [1.54, 1.807) is 0 Å². The van der Waals surface area contributed by atoms with Gasteiger partial charge in [0.15, 0.2) is 5.82 Å². The Morgan fingerprint density at radius 1 is 1.07 bits per heavy atom. The highest BCUT2D eigenvalue weighted by Gasteiger charge is 2.29. The van der Waals surface area contributed by atoms with Gasteiger partial charge in [-0.2, -0.15) is 0 Å². The molecule has 5 rings (SSSR count). The molecule has 6 heteroatoms. The minimum absolute atomic E-state index is 0.764. The average Bonchev–Trinajstić information content (AvgIpc) is 3.16. The summed E-state index contributed by atoms with van der Waals surface area (Å²) in [7, 11) is 2.07. The number of fused-ring (bicyclic) bond motifs is 1. The fourth-order valence-electron chi connectivity index (χ4n) is 3.98. The zero-order valence-electron chi connectivity index (χ0n) is 16.0. The van der Waals surface area contributed by atoms with Crippen LogP contribution in [0, 0.1) is 13.8 Å². The van der Waals surface area contributed by atoms with Crippen molar-refractivity contribution < 1.29 is 0 Å². The van der Waals surface area contributed by atoms with Crippen LogP contribution in [0.5, 0.6) is 0 Å². The number of aromatic nitrogens is 3. The summed E-state index contributed by atoms with van der Waals surface area (Å²) in [5.74, 6) is 2.04. The van der Waals surface area contributed by atoms with Gasteiger partial charge < -0.3 is 9.91 Å². The van der Waals surface area contributed by atoms with Crippen LogP contribution < -0.4 is 10.3 Å². The molecule has 0 unspecified atom stereocenters. The predicted molar refractivity (Wildman–Crippen MR) is 108 cm³/mol. The highest BCUT2D eigenvalue weighted by molar-refractivity contribution is 5.97. The molecule has 138 valence electrons. The van der Waals surface area contributed by atoms with E-state index in [-0.39, 0.29) is 0 Å². The molecule has 4 heterocycles. The number of hydrogen-bond donors (Lipinski definition) is 1. The Morgan fingerprint density at radius 3 is 2.56 bits per heavy atom. The van der Waals surface area contributed by atoms with Crippen LogP contribution in [-0.4, -0.2) is 46.1 Å². The van der Waals surface area contributed by atoms with Crippen molar-refractivity contribution in [1.82, 2.24) is 24.8 Å². The molecule has 6 nitrogen and oxygen atoms in total. The Morgan fingerprint density at radius 2 is 1.85 bits per heavy atom. The minimum atomic E-state index is 0.764. The standard InChI is InChI=1S/C21H24N6/c1-14-5-7-16(8-6-14)19-17(13-23-25(19)3)18-20-21(26-10-4-11-26)22-9-12-27(20)15(2)24-18/h5-9,12,23H,4,10-11,13H2,1-3H3. The average molecular weight is 360 g/mol. The summed E-state index contributed by atoms with van der Waals surface area (Å²) in [5.41, 5.74) is 10.5. The van der Waals surface area contributed by atoms with Crippen molar-refractivity contribution in [3.05, 3.63) is 59.3 Å². The summed E-state index contributed by atoms with van der Waals surface area (Å²) < 4.78 is 2.17. The van der Waals surface area contributed by atoms with Gasteiger partial charge >= 0.3 is 0 Å². The summed E-state index contributed by atoms with van der Waals surface area (Å²) in [5, 5.41) is 2.11. The van der Waals surface area contributed by atoms with Crippen LogP contribution in [0.1, 0.15) is 29.1 Å². The SMILES string of the molecule is Cc1ccc(C2=C(c3nc(C)n4ccnc(N5CCC5)c34)CNN2C)cc1. The normalized spacial score (nSPS) is 17.1. The van der Waals surface area contributed by atoms with E-state index >= 15 is 0 Å². The summed E-state index contributed by atoms with van der Waals surface area (Å²) >= 11 is 0. The second-order valence-electron chi connectivity index (χ2n) is 7.40. The molecule has 1 aromatic carbocycles. The number of imidazole rings is 1. The van der Waals surface area contributed by atoms with Gasteiger partial charge in [-0.1, -0.05) is 29.8 Å². The maximum Gasteiger partial charge on any atom is 0.155 e. The molecule has 1 saturated heterocycles. The molecule has 0 bridgehead atoms. The van der Waals surface area contributed by atoms with Crippen molar-refractivity contribution in [2.45, 2.75) is 20.3 Å². The Balaban J connectivity index is 1.75. The van der Waals surface area contributed by atoms with Gasteiger partial charge in [-0.15, -0.1) is 0 Å². The molecule has 2 aliphatic rings. The first-order valence-electron chi connectivity index (χ1n) is 9.50. The first-order valence-corrected chi connectivity index (χ1v) is 9.50. The predicted octanol–water partition coefficient (Wildman–Crippen LogP) is 2.87. The molecular formula is C21H24N6. The maximum atomic E-state index is 4.97. The second kappa shape index (κ2) is 6.09. The molecule has 0 radical (unpaired) electrons. The van der Waals surface area contributed by atoms with Crippen LogP contribution in [0.15, 0.2) is 36.7 Å². The van der Waals surface area contributed by atoms with Crippen LogP contribution >= 0.6 is 0 Å². The highest BCUT2D eigenvalue weighted by Crippen LogP contribution is 2.36. The molecule has 0 aliphatic carbocycles. The lowest BCUT2D eigenvalue weighted by Crippen LogP contribution is -2.38. The van der Waals surface area contributed by atoms with Gasteiger partial charge in [0.25, 0.3) is 0 Å². The third-order valence-electron chi connectivity index (χ3n) is 5.59. The molecule has 1 N–H and O–H groups in total. The number of hydrogen-bond acceptors (Lipinski definition) is 5. The summed E-state index contributed by atoms with van der Waals surface area (Å²) in [4.78, 5) is 12.0. The number of nitrogens with zero attached hydrogens (tertiary/aromatic N) is 5. The van der Waals surface area contributed by atoms with Crippen LogP contribution in [0.25, 0.3) is 16.8 Å². The van der Waals surface area contributed by atoms with Gasteiger partial charge in [0.1, 0.15) is 11.3 Å². The van der Waals surface area contributed by atoms with E-state index in [1.165, 1.54) is 28.8 Å². The number of hydrazine groups is 1. The number of rotatable bonds is 3. The van der Waals surface area contributed by atoms with E-state index in [4.69, 9.17) is 9.97 Å². The Labute approximate surface area is 159 Å². The second-order valence-corrected chi connectivity index (χ2v) is 7.40. The molecule has 0 atom stereocenters. The zero-order chi connectivity index (χ0) is 18.5. The number of nitrogens with one attached hydrogen (secondary N) is 1. The molecule has 1 fully saturated rings. The van der Waals surface area contributed by atoms with Gasteiger partial charge in [-0.25, -0.2) is 15.4 Å². The van der Waals surface area contributed by atoms with Crippen LogP contribution in [0.3, 0.4) is 0 Å². The van der Waals surface area contributed by atoms with E-state index in [0.29, 0.717) is 0 Å². The topological polar surface area (TPSA) is 48.7 Å². The van der Waals surface area contributed by atoms with Crippen molar-refractivity contribution in [2.24, 2.45) is 0 Å². The first-order chi connectivity index (χ1) is 13.1. The largest absolute Gasteiger partial charge is 0.355 e. The van der Waals surface area contributed by atoms with Crippen molar-refractivity contribution >= 4 is 22.6 Å². The highest BCUT2D eigenvalue weighted by atomic mass is 15.5. The van der Waals surface area contributed by atoms with E-state index < -0.39 is 0 Å². The first kappa shape index (κ1) is 16.3. The van der Waals surface area contributed by atoms with E-state index in [1.807, 2.05) is 12.4 Å². The van der Waals surface area contributed by atoms with Crippen molar-refractivity contribution in [3.8, 4) is 0 Å². The molecule has 0 saturated carbocycles. The third-order valence-corrected chi connectivity index (χ3v) is 5.59. The van der Waals surface area contributed by atoms with Crippen LogP contribution in [-0.2, 0) is 0 Å². The van der Waals surface area contributed by atoms with Gasteiger partial charge in [0.2, 0.25) is 0 Å². The van der Waals surface area contributed by atoms with Gasteiger partial charge in [-0.3, -0.25) is 4.40 Å². The fourth-order valence-corrected chi connectivity index (χ4v) is 3.98. The Bertz CT molecular complexity index is 1040. The molecule has 2 aliphatic heterocycles. The van der Waals surface area contributed by atoms with E-state index in [0.717, 1.165) is 42.5 Å². The zero-order valence-corrected chi connectivity index (χ0v) is 16.0. The molecule has 0 spiro atoms. The van der Waals surface area contributed by atoms with Gasteiger partial charge in [-0.05, 0) is 25.8 Å².